The second-order valence-electron chi connectivity index (χ2n) is 4.70. The molecule has 0 spiro atoms. The minimum Gasteiger partial charge on any atom is -0.477 e. The molecule has 1 aromatic rings. The predicted octanol–water partition coefficient (Wildman–Crippen LogP) is 2.68. The summed E-state index contributed by atoms with van der Waals surface area (Å²) in [5, 5.41) is 0. The summed E-state index contributed by atoms with van der Waals surface area (Å²) in [5.74, 6) is -1.52. The van der Waals surface area contributed by atoms with Crippen LogP contribution < -0.4 is 4.74 Å². The maximum absolute atomic E-state index is 13.5. The maximum Gasteiger partial charge on any atom is 0.406 e. The molecule has 3 nitrogen and oxygen atoms in total. The highest BCUT2D eigenvalue weighted by Gasteiger charge is 2.40. The van der Waals surface area contributed by atoms with Crippen LogP contribution in [-0.4, -0.2) is 36.2 Å². The Morgan fingerprint density at radius 2 is 2.10 bits per heavy atom. The fourth-order valence-electron chi connectivity index (χ4n) is 2.05. The summed E-state index contributed by atoms with van der Waals surface area (Å²) in [6.07, 6.45) is -5.39. The second-order valence-corrected chi connectivity index (χ2v) is 4.70. The molecule has 0 radical (unpaired) electrons. The Morgan fingerprint density at radius 3 is 2.75 bits per heavy atom. The Hall–Kier alpha value is -1.79. The van der Waals surface area contributed by atoms with E-state index in [1.807, 2.05) is 0 Å². The van der Waals surface area contributed by atoms with E-state index in [9.17, 15) is 22.4 Å². The number of rotatable bonds is 3. The number of ether oxygens (including phenoxy) is 1. The van der Waals surface area contributed by atoms with Crippen LogP contribution in [0.25, 0.3) is 0 Å². The van der Waals surface area contributed by atoms with Crippen molar-refractivity contribution in [3.8, 4) is 5.75 Å². The van der Waals surface area contributed by atoms with Crippen LogP contribution in [0.5, 0.6) is 5.75 Å². The van der Waals surface area contributed by atoms with E-state index in [0.29, 0.717) is 4.90 Å². The van der Waals surface area contributed by atoms with Crippen molar-refractivity contribution in [1.82, 2.24) is 4.90 Å². The first-order valence-electron chi connectivity index (χ1n) is 6.04. The lowest BCUT2D eigenvalue weighted by Gasteiger charge is -2.18. The van der Waals surface area contributed by atoms with Crippen molar-refractivity contribution in [2.24, 2.45) is 0 Å². The van der Waals surface area contributed by atoms with E-state index in [2.05, 4.69) is 0 Å². The Kier molecular flexibility index (Phi) is 3.87. The molecule has 1 aliphatic heterocycles. The van der Waals surface area contributed by atoms with Crippen molar-refractivity contribution in [3.05, 3.63) is 29.6 Å². The number of halogens is 4. The molecule has 1 amide bonds. The van der Waals surface area contributed by atoms with Gasteiger partial charge in [-0.15, -0.1) is 0 Å². The molecule has 1 atom stereocenters. The molecule has 1 fully saturated rings. The number of benzene rings is 1. The molecular formula is C13H13F4NO2. The number of hydrogen-bond donors (Lipinski definition) is 0. The number of amides is 1. The van der Waals surface area contributed by atoms with Crippen LogP contribution in [0.1, 0.15) is 12.0 Å². The van der Waals surface area contributed by atoms with Gasteiger partial charge < -0.3 is 9.64 Å². The van der Waals surface area contributed by atoms with Crippen molar-refractivity contribution in [3.63, 3.8) is 0 Å². The summed E-state index contributed by atoms with van der Waals surface area (Å²) >= 11 is 0. The van der Waals surface area contributed by atoms with Crippen LogP contribution in [0.4, 0.5) is 17.6 Å². The summed E-state index contributed by atoms with van der Waals surface area (Å²) < 4.78 is 55.5. The number of carbonyl (C=O) groups is 1. The molecule has 0 saturated carbocycles. The SMILES string of the molecule is Cc1ccc(F)c(O[C@H]2CCN(CC(F)(F)F)C2=O)c1. The van der Waals surface area contributed by atoms with E-state index < -0.39 is 30.5 Å². The summed E-state index contributed by atoms with van der Waals surface area (Å²) in [6.45, 7) is 0.372. The number of hydrogen-bond acceptors (Lipinski definition) is 2. The molecule has 0 unspecified atom stereocenters. The summed E-state index contributed by atoms with van der Waals surface area (Å²) in [7, 11) is 0. The number of likely N-dealkylation sites (tertiary alicyclic amines) is 1. The third-order valence-corrected chi connectivity index (χ3v) is 2.97. The zero-order chi connectivity index (χ0) is 14.9. The third kappa shape index (κ3) is 3.40. The lowest BCUT2D eigenvalue weighted by Crippen LogP contribution is -2.38. The molecule has 110 valence electrons. The van der Waals surface area contributed by atoms with Gasteiger partial charge in [0.15, 0.2) is 17.7 Å². The van der Waals surface area contributed by atoms with Crippen molar-refractivity contribution in [2.75, 3.05) is 13.1 Å². The van der Waals surface area contributed by atoms with Crippen molar-refractivity contribution in [1.29, 1.82) is 0 Å². The summed E-state index contributed by atoms with van der Waals surface area (Å²) in [6, 6.07) is 4.14. The average molecular weight is 291 g/mol. The summed E-state index contributed by atoms with van der Waals surface area (Å²) in [4.78, 5) is 12.4. The molecule has 0 bridgehead atoms. The predicted molar refractivity (Wildman–Crippen MR) is 62.8 cm³/mol. The Labute approximate surface area is 113 Å². The van der Waals surface area contributed by atoms with Crippen LogP contribution in [0, 0.1) is 12.7 Å². The van der Waals surface area contributed by atoms with E-state index in [0.717, 1.165) is 5.56 Å². The zero-order valence-corrected chi connectivity index (χ0v) is 10.7. The first-order valence-corrected chi connectivity index (χ1v) is 6.04. The number of aryl methyl sites for hydroxylation is 1. The molecule has 1 aliphatic rings. The molecule has 7 heteroatoms. The normalized spacial score (nSPS) is 19.6. The second kappa shape index (κ2) is 5.30. The van der Waals surface area contributed by atoms with Gasteiger partial charge in [-0.3, -0.25) is 4.79 Å². The van der Waals surface area contributed by atoms with Gasteiger partial charge in [0, 0.05) is 13.0 Å². The highest BCUT2D eigenvalue weighted by atomic mass is 19.4. The highest BCUT2D eigenvalue weighted by Crippen LogP contribution is 2.25. The molecule has 1 heterocycles. The first kappa shape index (κ1) is 14.6. The van der Waals surface area contributed by atoms with Gasteiger partial charge in [0.1, 0.15) is 6.54 Å². The molecule has 0 N–H and O–H groups in total. The van der Waals surface area contributed by atoms with E-state index in [-0.39, 0.29) is 18.7 Å². The lowest BCUT2D eigenvalue weighted by atomic mass is 10.2. The molecular weight excluding hydrogens is 278 g/mol. The minimum atomic E-state index is -4.45. The van der Waals surface area contributed by atoms with Gasteiger partial charge in [-0.05, 0) is 24.6 Å². The topological polar surface area (TPSA) is 29.5 Å². The lowest BCUT2D eigenvalue weighted by molar-refractivity contribution is -0.159. The number of alkyl halides is 3. The quantitative estimate of drug-likeness (QED) is 0.801. The van der Waals surface area contributed by atoms with Crippen LogP contribution in [0.3, 0.4) is 0 Å². The first-order chi connectivity index (χ1) is 9.26. The Morgan fingerprint density at radius 1 is 1.40 bits per heavy atom. The van der Waals surface area contributed by atoms with Gasteiger partial charge in [-0.1, -0.05) is 6.07 Å². The molecule has 1 aromatic carbocycles. The Balaban J connectivity index is 2.05. The van der Waals surface area contributed by atoms with E-state index in [1.165, 1.54) is 18.2 Å². The standard InChI is InChI=1S/C13H13F4NO2/c1-8-2-3-9(14)11(6-8)20-10-4-5-18(12(10)19)7-13(15,16)17/h2-3,6,10H,4-5,7H2,1H3/t10-/m0/s1. The summed E-state index contributed by atoms with van der Waals surface area (Å²) in [5.41, 5.74) is 0.735. The van der Waals surface area contributed by atoms with Gasteiger partial charge in [-0.2, -0.15) is 13.2 Å². The van der Waals surface area contributed by atoms with Gasteiger partial charge in [0.25, 0.3) is 5.91 Å². The molecule has 20 heavy (non-hydrogen) atoms. The maximum atomic E-state index is 13.5. The smallest absolute Gasteiger partial charge is 0.406 e. The van der Waals surface area contributed by atoms with Crippen molar-refractivity contribution in [2.45, 2.75) is 25.6 Å². The van der Waals surface area contributed by atoms with Gasteiger partial charge >= 0.3 is 6.18 Å². The number of carbonyl (C=O) groups excluding carboxylic acids is 1. The molecule has 0 aliphatic carbocycles. The monoisotopic (exact) mass is 291 g/mol. The van der Waals surface area contributed by atoms with Gasteiger partial charge in [0.05, 0.1) is 0 Å². The van der Waals surface area contributed by atoms with Crippen LogP contribution in [0.15, 0.2) is 18.2 Å². The average Bonchev–Trinajstić information content (AvgIpc) is 2.64. The molecule has 0 aromatic heterocycles. The van der Waals surface area contributed by atoms with Crippen LogP contribution >= 0.6 is 0 Å². The number of nitrogens with zero attached hydrogens (tertiary/aromatic N) is 1. The fraction of sp³-hybridized carbons (Fsp3) is 0.462. The fourth-order valence-corrected chi connectivity index (χ4v) is 2.05. The third-order valence-electron chi connectivity index (χ3n) is 2.97. The van der Waals surface area contributed by atoms with Gasteiger partial charge in [-0.25, -0.2) is 4.39 Å². The van der Waals surface area contributed by atoms with Crippen molar-refractivity contribution < 1.29 is 27.1 Å². The van der Waals surface area contributed by atoms with E-state index in [4.69, 9.17) is 4.74 Å². The minimum absolute atomic E-state index is 0.0452. The highest BCUT2D eigenvalue weighted by molar-refractivity contribution is 5.83. The zero-order valence-electron chi connectivity index (χ0n) is 10.7. The Bertz CT molecular complexity index is 516. The van der Waals surface area contributed by atoms with Crippen molar-refractivity contribution >= 4 is 5.91 Å². The molecule has 1 saturated heterocycles. The van der Waals surface area contributed by atoms with Crippen LogP contribution in [-0.2, 0) is 4.79 Å². The van der Waals surface area contributed by atoms with E-state index in [1.54, 1.807) is 6.92 Å². The van der Waals surface area contributed by atoms with E-state index >= 15 is 0 Å². The van der Waals surface area contributed by atoms with Crippen LogP contribution in [0.2, 0.25) is 0 Å². The van der Waals surface area contributed by atoms with Gasteiger partial charge in [0.2, 0.25) is 0 Å². The largest absolute Gasteiger partial charge is 0.477 e. The molecule has 2 rings (SSSR count).